The molecule has 0 saturated carbocycles. The van der Waals surface area contributed by atoms with Gasteiger partial charge >= 0.3 is 0 Å². The number of aliphatic imine (C=N–C) groups is 2. The lowest BCUT2D eigenvalue weighted by atomic mass is 10.0. The molecule has 0 aromatic heterocycles. The Balaban J connectivity index is 0.000000162. The number of halogens is 4. The monoisotopic (exact) mass is 914 g/mol. The predicted octanol–water partition coefficient (Wildman–Crippen LogP) is 12.0. The largest absolute Gasteiger partial charge is 0.285 e. The topological polar surface area (TPSA) is 89.4 Å². The minimum Gasteiger partial charge on any atom is -0.285 e. The van der Waals surface area contributed by atoms with Crippen molar-refractivity contribution in [3.8, 4) is 0 Å². The maximum Gasteiger partial charge on any atom is 0.265 e. The summed E-state index contributed by atoms with van der Waals surface area (Å²) in [5, 5.41) is 3.99. The van der Waals surface area contributed by atoms with Crippen molar-refractivity contribution >= 4 is 69.7 Å². The predicted molar refractivity (Wildman–Crippen MR) is 248 cm³/mol. The molecule has 2 amide bonds. The SMILES string of the molecule is O=C(NN1CCCCC1)c1ccc2c(c1)N=C(c1ccc(F)c(Cl)c1)c1ccccc1S2.O=C(NN1CCCCC1)c1ccc2c(c1)N=C(c1ccc(F)c(F)c1)c1ccccc1S2. The van der Waals surface area contributed by atoms with Crippen LogP contribution in [0.1, 0.15) is 81.5 Å². The molecule has 0 aliphatic carbocycles. The lowest BCUT2D eigenvalue weighted by molar-refractivity contribution is 0.0743. The highest BCUT2D eigenvalue weighted by Crippen LogP contribution is 2.43. The second-order valence-electron chi connectivity index (χ2n) is 15.7. The number of hydrazine groups is 2. The number of fused-ring (bicyclic) bond motifs is 4. The van der Waals surface area contributed by atoms with Gasteiger partial charge in [-0.25, -0.2) is 33.2 Å². The zero-order chi connectivity index (χ0) is 44.2. The first-order valence-electron chi connectivity index (χ1n) is 21.2. The van der Waals surface area contributed by atoms with Gasteiger partial charge < -0.3 is 0 Å². The van der Waals surface area contributed by atoms with Gasteiger partial charge in [0.05, 0.1) is 27.8 Å². The van der Waals surface area contributed by atoms with Crippen LogP contribution in [0.3, 0.4) is 0 Å². The molecule has 0 radical (unpaired) electrons. The van der Waals surface area contributed by atoms with Crippen LogP contribution in [0, 0.1) is 17.5 Å². The Morgan fingerprint density at radius 3 is 1.42 bits per heavy atom. The summed E-state index contributed by atoms with van der Waals surface area (Å²) in [6.07, 6.45) is 6.71. The van der Waals surface area contributed by atoms with E-state index in [-0.39, 0.29) is 16.8 Å². The molecule has 0 unspecified atom stereocenters. The molecule has 2 N–H and O–H groups in total. The van der Waals surface area contributed by atoms with Gasteiger partial charge in [-0.3, -0.25) is 20.4 Å². The number of nitrogens with one attached hydrogen (secondary N) is 2. The standard InChI is InChI=1S/C25H21ClFN3OS.C25H21F2N3OS/c26-19-14-16(8-10-20(19)27)24-18-6-2-3-7-22(18)32-23-11-9-17(15-21(23)28-24)25(31)29-30-12-4-1-5-13-30;26-19-10-8-16(14-20(19)27)24-18-6-2-3-7-22(18)32-23-11-9-17(15-21(23)28-24)25(31)29-30-12-4-1-5-13-30/h2*2-3,6-11,14-15H,1,4-5,12-13H2,(H,29,31). The van der Waals surface area contributed by atoms with E-state index >= 15 is 0 Å². The second-order valence-corrected chi connectivity index (χ2v) is 18.3. The number of carbonyl (C=O) groups is 2. The first kappa shape index (κ1) is 43.5. The van der Waals surface area contributed by atoms with Gasteiger partial charge in [-0.1, -0.05) is 84.4 Å². The molecule has 2 fully saturated rings. The van der Waals surface area contributed by atoms with Crippen LogP contribution in [0.5, 0.6) is 0 Å². The van der Waals surface area contributed by atoms with Gasteiger partial charge in [0, 0.05) is 79.1 Å². The Morgan fingerprint density at radius 1 is 0.500 bits per heavy atom. The van der Waals surface area contributed by atoms with E-state index in [1.165, 1.54) is 25.0 Å². The van der Waals surface area contributed by atoms with Gasteiger partial charge in [-0.05, 0) is 111 Å². The van der Waals surface area contributed by atoms with Crippen LogP contribution < -0.4 is 10.9 Å². The smallest absolute Gasteiger partial charge is 0.265 e. The minimum atomic E-state index is -0.922. The Bertz CT molecular complexity index is 2640. The van der Waals surface area contributed by atoms with E-state index in [4.69, 9.17) is 21.6 Å². The first-order chi connectivity index (χ1) is 31.2. The van der Waals surface area contributed by atoms with E-state index < -0.39 is 17.5 Å². The summed E-state index contributed by atoms with van der Waals surface area (Å²) in [6.45, 7) is 3.44. The van der Waals surface area contributed by atoms with Gasteiger partial charge in [0.2, 0.25) is 0 Å². The van der Waals surface area contributed by atoms with Crippen molar-refractivity contribution in [2.24, 2.45) is 9.98 Å². The van der Waals surface area contributed by atoms with E-state index in [0.29, 0.717) is 39.5 Å². The Labute approximate surface area is 383 Å². The number of amides is 2. The molecule has 4 aliphatic heterocycles. The average molecular weight is 916 g/mol. The van der Waals surface area contributed by atoms with Crippen molar-refractivity contribution < 1.29 is 22.8 Å². The first-order valence-corrected chi connectivity index (χ1v) is 23.2. The maximum atomic E-state index is 14.0. The lowest BCUT2D eigenvalue weighted by Crippen LogP contribution is -2.45. The number of nitrogens with zero attached hydrogens (tertiary/aromatic N) is 4. The maximum absolute atomic E-state index is 14.0. The number of benzene rings is 6. The van der Waals surface area contributed by atoms with Gasteiger partial charge in [-0.2, -0.15) is 0 Å². The molecule has 8 nitrogen and oxygen atoms in total. The van der Waals surface area contributed by atoms with Crippen molar-refractivity contribution in [2.45, 2.75) is 58.1 Å². The van der Waals surface area contributed by atoms with Crippen molar-refractivity contribution in [1.82, 2.24) is 20.9 Å². The van der Waals surface area contributed by atoms with Gasteiger partial charge in [0.15, 0.2) is 11.6 Å². The van der Waals surface area contributed by atoms with Crippen LogP contribution in [0.25, 0.3) is 0 Å². The van der Waals surface area contributed by atoms with Crippen LogP contribution in [0.2, 0.25) is 5.02 Å². The third-order valence-electron chi connectivity index (χ3n) is 11.2. The van der Waals surface area contributed by atoms with Crippen LogP contribution in [-0.4, -0.2) is 59.4 Å². The van der Waals surface area contributed by atoms with Crippen molar-refractivity contribution in [2.75, 3.05) is 26.2 Å². The van der Waals surface area contributed by atoms with Gasteiger partial charge in [0.1, 0.15) is 5.82 Å². The summed E-state index contributed by atoms with van der Waals surface area (Å²) < 4.78 is 41.3. The molecular weight excluding hydrogens is 873 g/mol. The molecule has 10 rings (SSSR count). The third-order valence-corrected chi connectivity index (χ3v) is 13.8. The summed E-state index contributed by atoms with van der Waals surface area (Å²) in [5.41, 5.74) is 12.6. The van der Waals surface area contributed by atoms with Crippen LogP contribution in [-0.2, 0) is 0 Å². The molecule has 0 atom stereocenters. The van der Waals surface area contributed by atoms with E-state index in [1.54, 1.807) is 47.8 Å². The Hall–Kier alpha value is -5.70. The zero-order valence-electron chi connectivity index (χ0n) is 34.6. The van der Waals surface area contributed by atoms with Crippen molar-refractivity contribution in [3.63, 3.8) is 0 Å². The summed E-state index contributed by atoms with van der Waals surface area (Å²) >= 11 is 9.21. The minimum absolute atomic E-state index is 0.0504. The van der Waals surface area contributed by atoms with Crippen LogP contribution in [0.4, 0.5) is 24.5 Å². The number of rotatable bonds is 6. The zero-order valence-corrected chi connectivity index (χ0v) is 36.9. The second kappa shape index (κ2) is 19.6. The molecule has 2 saturated heterocycles. The quantitative estimate of drug-likeness (QED) is 0.173. The highest BCUT2D eigenvalue weighted by Gasteiger charge is 2.24. The Morgan fingerprint density at radius 2 is 0.953 bits per heavy atom. The molecule has 64 heavy (non-hydrogen) atoms. The fourth-order valence-electron chi connectivity index (χ4n) is 7.92. The number of carbonyl (C=O) groups excluding carboxylic acids is 2. The summed E-state index contributed by atoms with van der Waals surface area (Å²) in [5.74, 6) is -2.60. The van der Waals surface area contributed by atoms with Crippen LogP contribution >= 0.6 is 35.1 Å². The molecule has 4 aliphatic rings. The highest BCUT2D eigenvalue weighted by atomic mass is 35.5. The summed E-state index contributed by atoms with van der Waals surface area (Å²) in [7, 11) is 0. The number of hydrogen-bond acceptors (Lipinski definition) is 8. The lowest BCUT2D eigenvalue weighted by Gasteiger charge is -2.26. The Kier molecular flexibility index (Phi) is 13.3. The van der Waals surface area contributed by atoms with E-state index in [0.717, 1.165) is 100 Å². The van der Waals surface area contributed by atoms with Crippen molar-refractivity contribution in [1.29, 1.82) is 0 Å². The molecule has 0 bridgehead atoms. The molecule has 0 spiro atoms. The van der Waals surface area contributed by atoms with Gasteiger partial charge in [-0.15, -0.1) is 0 Å². The fraction of sp³-hybridized carbons (Fsp3) is 0.200. The van der Waals surface area contributed by atoms with E-state index in [2.05, 4.69) is 10.9 Å². The van der Waals surface area contributed by atoms with Gasteiger partial charge in [0.25, 0.3) is 11.8 Å². The molecule has 6 aromatic carbocycles. The fourth-order valence-corrected chi connectivity index (χ4v) is 10.1. The molecule has 4 heterocycles. The third kappa shape index (κ3) is 9.84. The highest BCUT2D eigenvalue weighted by molar-refractivity contribution is 7.99. The normalized spacial score (nSPS) is 15.9. The van der Waals surface area contributed by atoms with E-state index in [9.17, 15) is 22.8 Å². The van der Waals surface area contributed by atoms with Crippen molar-refractivity contribution in [3.05, 3.63) is 177 Å². The summed E-state index contributed by atoms with van der Waals surface area (Å²) in [4.78, 5) is 39.3. The molecule has 6 aromatic rings. The average Bonchev–Trinajstić information content (AvgIpc) is 3.59. The number of hydrogen-bond donors (Lipinski definition) is 2. The molecular formula is C50H42ClF3N6O2S2. The van der Waals surface area contributed by atoms with Crippen LogP contribution in [0.15, 0.2) is 151 Å². The molecule has 324 valence electrons. The van der Waals surface area contributed by atoms with E-state index in [1.807, 2.05) is 82.8 Å². The summed E-state index contributed by atoms with van der Waals surface area (Å²) in [6, 6.07) is 35.1. The number of piperidine rings is 2. The molecule has 14 heteroatoms.